The third kappa shape index (κ3) is 2.14. The second-order valence-corrected chi connectivity index (χ2v) is 2.91. The normalized spacial score (nSPS) is 10.1. The lowest BCUT2D eigenvalue weighted by molar-refractivity contribution is 0.887. The van der Waals surface area contributed by atoms with E-state index in [1.807, 2.05) is 13.8 Å². The predicted molar refractivity (Wildman–Crippen MR) is 54.4 cm³/mol. The summed E-state index contributed by atoms with van der Waals surface area (Å²) in [6.45, 7) is 7.42. The molecule has 1 aromatic heterocycles. The van der Waals surface area contributed by atoms with Crippen LogP contribution in [0.5, 0.6) is 0 Å². The molecule has 0 atom stereocenters. The van der Waals surface area contributed by atoms with Crippen LogP contribution in [0.15, 0.2) is 11.3 Å². The van der Waals surface area contributed by atoms with E-state index in [1.165, 1.54) is 6.33 Å². The molecule has 0 aromatic carbocycles. The second kappa shape index (κ2) is 3.84. The average molecular weight is 179 g/mol. The van der Waals surface area contributed by atoms with Gasteiger partial charge in [0, 0.05) is 6.04 Å². The molecule has 0 amide bonds. The van der Waals surface area contributed by atoms with E-state index in [4.69, 9.17) is 5.73 Å². The Morgan fingerprint density at radius 1 is 1.54 bits per heavy atom. The van der Waals surface area contributed by atoms with Crippen LogP contribution < -0.4 is 11.1 Å². The molecule has 1 aromatic rings. The Bertz CT molecular complexity index is 307. The van der Waals surface area contributed by atoms with Crippen molar-refractivity contribution >= 4 is 24.0 Å². The lowest BCUT2D eigenvalue weighted by Gasteiger charge is -2.11. The summed E-state index contributed by atoms with van der Waals surface area (Å²) >= 11 is 0. The largest absolute Gasteiger partial charge is 0.382 e. The fourth-order valence-corrected chi connectivity index (χ4v) is 0.927. The molecule has 0 radical (unpaired) electrons. The number of aromatic nitrogens is 2. The van der Waals surface area contributed by atoms with Gasteiger partial charge in [0.25, 0.3) is 0 Å². The van der Waals surface area contributed by atoms with Gasteiger partial charge < -0.3 is 11.1 Å². The minimum Gasteiger partial charge on any atom is -0.382 e. The van der Waals surface area contributed by atoms with Gasteiger partial charge in [0.1, 0.15) is 12.0 Å². The molecule has 0 bridgehead atoms. The lowest BCUT2D eigenvalue weighted by Crippen LogP contribution is -2.12. The van der Waals surface area contributed by atoms with E-state index in [1.54, 1.807) is 0 Å². The summed E-state index contributed by atoms with van der Waals surface area (Å²) in [6.07, 6.45) is 1.40. The van der Waals surface area contributed by atoms with Gasteiger partial charge >= 0.3 is 0 Å². The summed E-state index contributed by atoms with van der Waals surface area (Å²) in [6, 6.07) is 0.273. The minimum atomic E-state index is 0.273. The van der Waals surface area contributed by atoms with Gasteiger partial charge in [0.05, 0.1) is 0 Å². The fraction of sp³-hybridized carbons (Fsp3) is 0.375. The minimum absolute atomic E-state index is 0.273. The van der Waals surface area contributed by atoms with Gasteiger partial charge in [-0.2, -0.15) is 0 Å². The molecular formula is C8H13N5. The monoisotopic (exact) mass is 179 g/mol. The van der Waals surface area contributed by atoms with Crippen molar-refractivity contribution < 1.29 is 0 Å². The first-order valence-electron chi connectivity index (χ1n) is 3.99. The smallest absolute Gasteiger partial charge is 0.157 e. The standard InChI is InChI=1S/C8H13N5/c1-5(2)13-8-6(10-3)7(9)11-4-12-8/h4-5H,3H2,1-2H3,(H3,9,11,12,13). The first kappa shape index (κ1) is 9.44. The Labute approximate surface area is 77.1 Å². The van der Waals surface area contributed by atoms with Crippen LogP contribution in [-0.4, -0.2) is 22.7 Å². The molecule has 0 aliphatic carbocycles. The zero-order chi connectivity index (χ0) is 9.84. The SMILES string of the molecule is C=Nc1c(N)ncnc1NC(C)C. The maximum Gasteiger partial charge on any atom is 0.157 e. The van der Waals surface area contributed by atoms with Gasteiger partial charge in [-0.15, -0.1) is 0 Å². The molecule has 0 aliphatic heterocycles. The van der Waals surface area contributed by atoms with Crippen LogP contribution in [0.4, 0.5) is 17.3 Å². The highest BCUT2D eigenvalue weighted by atomic mass is 15.1. The third-order valence-corrected chi connectivity index (χ3v) is 1.43. The van der Waals surface area contributed by atoms with E-state index in [9.17, 15) is 0 Å². The Balaban J connectivity index is 3.05. The number of rotatable bonds is 3. The average Bonchev–Trinajstić information content (AvgIpc) is 2.03. The van der Waals surface area contributed by atoms with E-state index in [2.05, 4.69) is 27.0 Å². The maximum absolute atomic E-state index is 5.58. The van der Waals surface area contributed by atoms with Crippen molar-refractivity contribution in [1.82, 2.24) is 9.97 Å². The fourth-order valence-electron chi connectivity index (χ4n) is 0.927. The Hall–Kier alpha value is -1.65. The molecule has 0 aliphatic rings. The highest BCUT2D eigenvalue weighted by Crippen LogP contribution is 2.26. The molecule has 5 nitrogen and oxygen atoms in total. The number of nitrogens with one attached hydrogen (secondary N) is 1. The van der Waals surface area contributed by atoms with Crippen molar-refractivity contribution in [2.24, 2.45) is 4.99 Å². The number of anilines is 2. The van der Waals surface area contributed by atoms with E-state index < -0.39 is 0 Å². The van der Waals surface area contributed by atoms with Crippen molar-refractivity contribution in [3.05, 3.63) is 6.33 Å². The Kier molecular flexibility index (Phi) is 2.79. The highest BCUT2D eigenvalue weighted by Gasteiger charge is 2.07. The summed E-state index contributed by atoms with van der Waals surface area (Å²) in [5.74, 6) is 0.964. The predicted octanol–water partition coefficient (Wildman–Crippen LogP) is 1.21. The number of hydrogen-bond acceptors (Lipinski definition) is 5. The van der Waals surface area contributed by atoms with Crippen LogP contribution in [0.3, 0.4) is 0 Å². The lowest BCUT2D eigenvalue weighted by atomic mass is 10.3. The molecule has 70 valence electrons. The van der Waals surface area contributed by atoms with Crippen LogP contribution in [0.2, 0.25) is 0 Å². The molecule has 1 rings (SSSR count). The molecule has 3 N–H and O–H groups in total. The molecule has 0 unspecified atom stereocenters. The van der Waals surface area contributed by atoms with E-state index >= 15 is 0 Å². The van der Waals surface area contributed by atoms with Crippen LogP contribution in [0.1, 0.15) is 13.8 Å². The molecule has 0 spiro atoms. The van der Waals surface area contributed by atoms with E-state index in [-0.39, 0.29) is 6.04 Å². The molecule has 5 heteroatoms. The summed E-state index contributed by atoms with van der Waals surface area (Å²) in [5, 5.41) is 3.10. The van der Waals surface area contributed by atoms with Gasteiger partial charge in [-0.1, -0.05) is 0 Å². The van der Waals surface area contributed by atoms with Crippen LogP contribution >= 0.6 is 0 Å². The van der Waals surface area contributed by atoms with Gasteiger partial charge in [-0.25, -0.2) is 9.97 Å². The van der Waals surface area contributed by atoms with Crippen LogP contribution in [-0.2, 0) is 0 Å². The highest BCUT2D eigenvalue weighted by molar-refractivity contribution is 5.73. The Morgan fingerprint density at radius 3 is 2.77 bits per heavy atom. The van der Waals surface area contributed by atoms with Crippen LogP contribution in [0.25, 0.3) is 0 Å². The van der Waals surface area contributed by atoms with Gasteiger partial charge in [0.15, 0.2) is 11.6 Å². The summed E-state index contributed by atoms with van der Waals surface area (Å²) in [4.78, 5) is 11.6. The van der Waals surface area contributed by atoms with Gasteiger partial charge in [-0.3, -0.25) is 4.99 Å². The van der Waals surface area contributed by atoms with Crippen molar-refractivity contribution in [3.63, 3.8) is 0 Å². The van der Waals surface area contributed by atoms with Crippen molar-refractivity contribution in [2.45, 2.75) is 19.9 Å². The number of nitrogen functional groups attached to an aromatic ring is 1. The van der Waals surface area contributed by atoms with Crippen molar-refractivity contribution in [2.75, 3.05) is 11.1 Å². The molecule has 0 saturated carbocycles. The molecule has 1 heterocycles. The number of nitrogens with zero attached hydrogens (tertiary/aromatic N) is 3. The van der Waals surface area contributed by atoms with Gasteiger partial charge in [-0.05, 0) is 20.6 Å². The zero-order valence-electron chi connectivity index (χ0n) is 7.78. The maximum atomic E-state index is 5.58. The summed E-state index contributed by atoms with van der Waals surface area (Å²) in [5.41, 5.74) is 6.09. The summed E-state index contributed by atoms with van der Waals surface area (Å²) in [7, 11) is 0. The number of aliphatic imine (C=N–C) groups is 1. The van der Waals surface area contributed by atoms with Gasteiger partial charge in [0.2, 0.25) is 0 Å². The summed E-state index contributed by atoms with van der Waals surface area (Å²) < 4.78 is 0. The molecule has 0 fully saturated rings. The van der Waals surface area contributed by atoms with Crippen molar-refractivity contribution in [3.8, 4) is 0 Å². The third-order valence-electron chi connectivity index (χ3n) is 1.43. The molecular weight excluding hydrogens is 166 g/mol. The van der Waals surface area contributed by atoms with Crippen molar-refractivity contribution in [1.29, 1.82) is 0 Å². The Morgan fingerprint density at radius 2 is 2.23 bits per heavy atom. The second-order valence-electron chi connectivity index (χ2n) is 2.91. The zero-order valence-corrected chi connectivity index (χ0v) is 7.78. The number of nitrogens with two attached hydrogens (primary N) is 1. The number of hydrogen-bond donors (Lipinski definition) is 2. The molecule has 13 heavy (non-hydrogen) atoms. The molecule has 0 saturated heterocycles. The first-order chi connectivity index (χ1) is 6.15. The van der Waals surface area contributed by atoms with E-state index in [0.29, 0.717) is 17.3 Å². The quantitative estimate of drug-likeness (QED) is 0.684. The van der Waals surface area contributed by atoms with E-state index in [0.717, 1.165) is 0 Å². The van der Waals surface area contributed by atoms with Crippen LogP contribution in [0, 0.1) is 0 Å². The first-order valence-corrected chi connectivity index (χ1v) is 3.99. The topological polar surface area (TPSA) is 76.2 Å².